The zero-order chi connectivity index (χ0) is 14.5. The average molecular weight is 286 g/mol. The monoisotopic (exact) mass is 286 g/mol. The molecular weight excluding hydrogens is 260 g/mol. The standard InChI is InChI=1S/C14H26N2O2S/c1-5-6-12(2)13(17)15-11-14(3,4)16-7-9-19(18)10-8-16/h6H,5,7-11H2,1-4H3,(H,15,17)/b12-6+. The highest BCUT2D eigenvalue weighted by molar-refractivity contribution is 7.85. The van der Waals surface area contributed by atoms with Gasteiger partial charge in [0.2, 0.25) is 5.91 Å². The fourth-order valence-corrected chi connectivity index (χ4v) is 3.24. The Labute approximate surface area is 119 Å². The molecule has 1 rings (SSSR count). The lowest BCUT2D eigenvalue weighted by Crippen LogP contribution is -2.55. The van der Waals surface area contributed by atoms with E-state index in [1.54, 1.807) is 0 Å². The van der Waals surface area contributed by atoms with Gasteiger partial charge in [0, 0.05) is 53.1 Å². The molecule has 19 heavy (non-hydrogen) atoms. The van der Waals surface area contributed by atoms with Crippen LogP contribution in [0.25, 0.3) is 0 Å². The summed E-state index contributed by atoms with van der Waals surface area (Å²) in [5.74, 6) is 1.49. The van der Waals surface area contributed by atoms with E-state index in [-0.39, 0.29) is 11.4 Å². The summed E-state index contributed by atoms with van der Waals surface area (Å²) in [6.07, 6.45) is 2.81. The molecule has 0 radical (unpaired) electrons. The molecule has 0 atom stereocenters. The first-order chi connectivity index (χ1) is 8.86. The van der Waals surface area contributed by atoms with Crippen LogP contribution in [0.4, 0.5) is 0 Å². The Kier molecular flexibility index (Phi) is 6.20. The minimum atomic E-state index is -0.657. The lowest BCUT2D eigenvalue weighted by atomic mass is 10.0. The van der Waals surface area contributed by atoms with Gasteiger partial charge in [-0.25, -0.2) is 0 Å². The summed E-state index contributed by atoms with van der Waals surface area (Å²) in [5, 5.41) is 2.99. The van der Waals surface area contributed by atoms with E-state index in [1.165, 1.54) is 0 Å². The van der Waals surface area contributed by atoms with Crippen LogP contribution >= 0.6 is 0 Å². The van der Waals surface area contributed by atoms with Crippen molar-refractivity contribution in [3.8, 4) is 0 Å². The van der Waals surface area contributed by atoms with Gasteiger partial charge in [-0.05, 0) is 27.2 Å². The van der Waals surface area contributed by atoms with Crippen LogP contribution < -0.4 is 5.32 Å². The number of amides is 1. The molecule has 0 aromatic heterocycles. The molecule has 0 bridgehead atoms. The number of carbonyl (C=O) groups is 1. The smallest absolute Gasteiger partial charge is 0.246 e. The van der Waals surface area contributed by atoms with Crippen LogP contribution in [0.15, 0.2) is 11.6 Å². The van der Waals surface area contributed by atoms with Gasteiger partial charge in [-0.2, -0.15) is 0 Å². The van der Waals surface area contributed by atoms with Gasteiger partial charge >= 0.3 is 0 Å². The highest BCUT2D eigenvalue weighted by atomic mass is 32.2. The molecular formula is C14H26N2O2S. The summed E-state index contributed by atoms with van der Waals surface area (Å²) in [5.41, 5.74) is 0.685. The van der Waals surface area contributed by atoms with E-state index in [0.29, 0.717) is 6.54 Å². The second-order valence-electron chi connectivity index (χ2n) is 5.63. The van der Waals surface area contributed by atoms with E-state index in [0.717, 1.165) is 36.6 Å². The molecule has 1 saturated heterocycles. The van der Waals surface area contributed by atoms with Crippen molar-refractivity contribution in [2.45, 2.75) is 39.7 Å². The summed E-state index contributed by atoms with van der Waals surface area (Å²) in [7, 11) is -0.657. The normalized spacial score (nSPS) is 19.5. The molecule has 0 aliphatic carbocycles. The molecule has 4 nitrogen and oxygen atoms in total. The molecule has 0 unspecified atom stereocenters. The Hall–Kier alpha value is -0.680. The molecule has 0 saturated carbocycles. The lowest BCUT2D eigenvalue weighted by Gasteiger charge is -2.40. The Balaban J connectivity index is 2.48. The fourth-order valence-electron chi connectivity index (χ4n) is 2.19. The Morgan fingerprint density at radius 1 is 1.37 bits per heavy atom. The number of nitrogens with zero attached hydrogens (tertiary/aromatic N) is 1. The predicted molar refractivity (Wildman–Crippen MR) is 80.6 cm³/mol. The largest absolute Gasteiger partial charge is 0.350 e. The summed E-state index contributed by atoms with van der Waals surface area (Å²) in [4.78, 5) is 14.2. The third kappa shape index (κ3) is 5.07. The van der Waals surface area contributed by atoms with Crippen molar-refractivity contribution in [2.75, 3.05) is 31.1 Å². The molecule has 1 fully saturated rings. The molecule has 0 aromatic rings. The van der Waals surface area contributed by atoms with E-state index in [1.807, 2.05) is 19.9 Å². The van der Waals surface area contributed by atoms with E-state index >= 15 is 0 Å². The topological polar surface area (TPSA) is 49.4 Å². The van der Waals surface area contributed by atoms with Crippen molar-refractivity contribution in [1.29, 1.82) is 0 Å². The van der Waals surface area contributed by atoms with Crippen molar-refractivity contribution >= 4 is 16.7 Å². The minimum absolute atomic E-state index is 0.00973. The van der Waals surface area contributed by atoms with Gasteiger partial charge in [0.1, 0.15) is 0 Å². The lowest BCUT2D eigenvalue weighted by molar-refractivity contribution is -0.118. The third-order valence-corrected chi connectivity index (χ3v) is 4.86. The van der Waals surface area contributed by atoms with Crippen molar-refractivity contribution in [3.05, 3.63) is 11.6 Å². The maximum absolute atomic E-state index is 11.9. The molecule has 1 aliphatic heterocycles. The third-order valence-electron chi connectivity index (χ3n) is 3.58. The minimum Gasteiger partial charge on any atom is -0.350 e. The second kappa shape index (κ2) is 7.20. The number of nitrogens with one attached hydrogen (secondary N) is 1. The van der Waals surface area contributed by atoms with Crippen LogP contribution in [0.5, 0.6) is 0 Å². The first-order valence-electron chi connectivity index (χ1n) is 6.92. The molecule has 1 N–H and O–H groups in total. The van der Waals surface area contributed by atoms with Crippen LogP contribution in [-0.2, 0) is 15.6 Å². The Morgan fingerprint density at radius 3 is 2.47 bits per heavy atom. The molecule has 1 aliphatic rings. The zero-order valence-corrected chi connectivity index (χ0v) is 13.3. The van der Waals surface area contributed by atoms with Crippen LogP contribution in [0.2, 0.25) is 0 Å². The van der Waals surface area contributed by atoms with E-state index in [4.69, 9.17) is 0 Å². The number of allylic oxidation sites excluding steroid dienone is 1. The van der Waals surface area contributed by atoms with Gasteiger partial charge in [0.15, 0.2) is 0 Å². The highest BCUT2D eigenvalue weighted by Gasteiger charge is 2.29. The second-order valence-corrected chi connectivity index (χ2v) is 7.32. The van der Waals surface area contributed by atoms with Gasteiger partial charge in [-0.3, -0.25) is 13.9 Å². The molecule has 1 amide bonds. The summed E-state index contributed by atoms with van der Waals surface area (Å²) >= 11 is 0. The quantitative estimate of drug-likeness (QED) is 0.775. The molecule has 5 heteroatoms. The molecule has 0 spiro atoms. The van der Waals surface area contributed by atoms with Gasteiger partial charge in [0.25, 0.3) is 0 Å². The maximum Gasteiger partial charge on any atom is 0.246 e. The molecule has 1 heterocycles. The Morgan fingerprint density at radius 2 is 1.95 bits per heavy atom. The van der Waals surface area contributed by atoms with Crippen LogP contribution in [-0.4, -0.2) is 51.7 Å². The van der Waals surface area contributed by atoms with Gasteiger partial charge in [-0.1, -0.05) is 13.0 Å². The number of hydrogen-bond acceptors (Lipinski definition) is 3. The first-order valence-corrected chi connectivity index (χ1v) is 8.40. The van der Waals surface area contributed by atoms with Crippen molar-refractivity contribution in [1.82, 2.24) is 10.2 Å². The number of rotatable bonds is 5. The van der Waals surface area contributed by atoms with Gasteiger partial charge < -0.3 is 5.32 Å². The SMILES string of the molecule is CC/C=C(\C)C(=O)NCC(C)(C)N1CCS(=O)CC1. The number of hydrogen-bond donors (Lipinski definition) is 1. The first kappa shape index (κ1) is 16.4. The van der Waals surface area contributed by atoms with E-state index in [9.17, 15) is 9.00 Å². The number of carbonyl (C=O) groups excluding carboxylic acids is 1. The molecule has 110 valence electrons. The molecule has 0 aromatic carbocycles. The maximum atomic E-state index is 11.9. The van der Waals surface area contributed by atoms with Crippen molar-refractivity contribution < 1.29 is 9.00 Å². The average Bonchev–Trinajstić information content (AvgIpc) is 2.37. The van der Waals surface area contributed by atoms with Crippen molar-refractivity contribution in [2.24, 2.45) is 0 Å². The Bertz CT molecular complexity index is 368. The van der Waals surface area contributed by atoms with Crippen LogP contribution in [0.3, 0.4) is 0 Å². The van der Waals surface area contributed by atoms with Gasteiger partial charge in [0.05, 0.1) is 0 Å². The fraction of sp³-hybridized carbons (Fsp3) is 0.786. The summed E-state index contributed by atoms with van der Waals surface area (Å²) < 4.78 is 11.4. The summed E-state index contributed by atoms with van der Waals surface area (Å²) in [6, 6.07) is 0. The zero-order valence-electron chi connectivity index (χ0n) is 12.5. The van der Waals surface area contributed by atoms with Crippen LogP contribution in [0, 0.1) is 0 Å². The van der Waals surface area contributed by atoms with Crippen molar-refractivity contribution in [3.63, 3.8) is 0 Å². The summed E-state index contributed by atoms with van der Waals surface area (Å²) in [6.45, 7) is 10.4. The van der Waals surface area contributed by atoms with Crippen LogP contribution in [0.1, 0.15) is 34.1 Å². The van der Waals surface area contributed by atoms with E-state index in [2.05, 4.69) is 24.1 Å². The predicted octanol–water partition coefficient (Wildman–Crippen LogP) is 1.30. The van der Waals surface area contributed by atoms with Gasteiger partial charge in [-0.15, -0.1) is 0 Å². The highest BCUT2D eigenvalue weighted by Crippen LogP contribution is 2.16. The van der Waals surface area contributed by atoms with E-state index < -0.39 is 10.8 Å².